The van der Waals surface area contributed by atoms with Crippen molar-refractivity contribution in [3.05, 3.63) is 23.8 Å². The minimum Gasteiger partial charge on any atom is -0.496 e. The van der Waals surface area contributed by atoms with E-state index in [4.69, 9.17) is 9.47 Å². The van der Waals surface area contributed by atoms with Gasteiger partial charge in [0.2, 0.25) is 0 Å². The van der Waals surface area contributed by atoms with Crippen molar-refractivity contribution in [1.82, 2.24) is 10.2 Å². The highest BCUT2D eigenvalue weighted by molar-refractivity contribution is 5.46. The van der Waals surface area contributed by atoms with E-state index in [1.54, 1.807) is 7.11 Å². The molecule has 1 N–H and O–H groups in total. The molecule has 2 atom stereocenters. The van der Waals surface area contributed by atoms with Crippen molar-refractivity contribution in [2.75, 3.05) is 34.4 Å². The molecule has 0 saturated carbocycles. The van der Waals surface area contributed by atoms with Crippen molar-refractivity contribution in [2.24, 2.45) is 0 Å². The van der Waals surface area contributed by atoms with Crippen LogP contribution < -0.4 is 14.8 Å². The molecular formula is C17H28N2O2. The van der Waals surface area contributed by atoms with E-state index in [0.717, 1.165) is 23.7 Å². The lowest BCUT2D eigenvalue weighted by molar-refractivity contribution is 0.124. The van der Waals surface area contributed by atoms with Crippen LogP contribution in [0.15, 0.2) is 18.2 Å². The number of piperidine rings is 1. The summed E-state index contributed by atoms with van der Waals surface area (Å²) in [6, 6.07) is 6.73. The topological polar surface area (TPSA) is 33.7 Å². The van der Waals surface area contributed by atoms with Crippen LogP contribution in [-0.4, -0.2) is 45.3 Å². The second-order valence-electron chi connectivity index (χ2n) is 5.82. The molecule has 0 spiro atoms. The molecule has 1 aliphatic heterocycles. The van der Waals surface area contributed by atoms with Crippen molar-refractivity contribution in [3.63, 3.8) is 0 Å². The number of nitrogens with one attached hydrogen (secondary N) is 1. The number of likely N-dealkylation sites (N-methyl/N-ethyl adjacent to an activating group) is 1. The molecule has 0 radical (unpaired) electrons. The summed E-state index contributed by atoms with van der Waals surface area (Å²) in [5, 5.41) is 3.27. The van der Waals surface area contributed by atoms with Gasteiger partial charge >= 0.3 is 0 Å². The molecule has 0 aliphatic carbocycles. The number of rotatable bonds is 6. The minimum absolute atomic E-state index is 0.195. The lowest BCUT2D eigenvalue weighted by Crippen LogP contribution is -2.40. The first-order chi connectivity index (χ1) is 10.2. The molecule has 1 aromatic carbocycles. The molecule has 1 aliphatic rings. The Kier molecular flexibility index (Phi) is 5.88. The zero-order valence-electron chi connectivity index (χ0n) is 13.7. The molecule has 1 heterocycles. The number of ether oxygens (including phenoxy) is 2. The summed E-state index contributed by atoms with van der Waals surface area (Å²) in [4.78, 5) is 2.41. The second-order valence-corrected chi connectivity index (χ2v) is 5.82. The highest BCUT2D eigenvalue weighted by Gasteiger charge is 2.21. The Hall–Kier alpha value is -1.26. The van der Waals surface area contributed by atoms with E-state index in [0.29, 0.717) is 6.04 Å². The third-order valence-corrected chi connectivity index (χ3v) is 4.46. The maximum atomic E-state index is 6.15. The van der Waals surface area contributed by atoms with Crippen LogP contribution in [0.4, 0.5) is 0 Å². The molecule has 2 unspecified atom stereocenters. The van der Waals surface area contributed by atoms with E-state index >= 15 is 0 Å². The maximum Gasteiger partial charge on any atom is 0.127 e. The predicted molar refractivity (Wildman–Crippen MR) is 86.2 cm³/mol. The van der Waals surface area contributed by atoms with Crippen LogP contribution in [0.2, 0.25) is 0 Å². The van der Waals surface area contributed by atoms with Gasteiger partial charge in [0, 0.05) is 12.1 Å². The Bertz CT molecular complexity index is 450. The van der Waals surface area contributed by atoms with Crippen LogP contribution in [0.25, 0.3) is 0 Å². The van der Waals surface area contributed by atoms with E-state index in [9.17, 15) is 0 Å². The Morgan fingerprint density at radius 2 is 2.10 bits per heavy atom. The summed E-state index contributed by atoms with van der Waals surface area (Å²) in [7, 11) is 5.85. The summed E-state index contributed by atoms with van der Waals surface area (Å²) in [5.74, 6) is 1.81. The van der Waals surface area contributed by atoms with Crippen molar-refractivity contribution in [3.8, 4) is 11.5 Å². The molecule has 1 fully saturated rings. The highest BCUT2D eigenvalue weighted by Crippen LogP contribution is 2.34. The molecule has 0 bridgehead atoms. The molecule has 4 heteroatoms. The van der Waals surface area contributed by atoms with Gasteiger partial charge in [-0.25, -0.2) is 0 Å². The van der Waals surface area contributed by atoms with Crippen molar-refractivity contribution in [2.45, 2.75) is 38.3 Å². The standard InChI is InChI=1S/C17H28N2O2/c1-13(18-2)17-15(20-4)9-7-10-16(17)21-12-14-8-5-6-11-19(14)3/h7,9-10,13-14,18H,5-6,8,11-12H2,1-4H3. The molecule has 0 amide bonds. The van der Waals surface area contributed by atoms with E-state index in [1.165, 1.54) is 25.8 Å². The third kappa shape index (κ3) is 3.89. The summed E-state index contributed by atoms with van der Waals surface area (Å²) >= 11 is 0. The van der Waals surface area contributed by atoms with Crippen LogP contribution >= 0.6 is 0 Å². The summed E-state index contributed by atoms with van der Waals surface area (Å²) in [6.07, 6.45) is 3.82. The van der Waals surface area contributed by atoms with Crippen molar-refractivity contribution in [1.29, 1.82) is 0 Å². The second kappa shape index (κ2) is 7.66. The molecule has 2 rings (SSSR count). The summed E-state index contributed by atoms with van der Waals surface area (Å²) in [5.41, 5.74) is 1.10. The first-order valence-corrected chi connectivity index (χ1v) is 7.84. The fraction of sp³-hybridized carbons (Fsp3) is 0.647. The number of hydrogen-bond donors (Lipinski definition) is 1. The summed E-state index contributed by atoms with van der Waals surface area (Å²) in [6.45, 7) is 4.04. The van der Waals surface area contributed by atoms with E-state index in [2.05, 4.69) is 24.2 Å². The van der Waals surface area contributed by atoms with Crippen LogP contribution in [0.1, 0.15) is 37.8 Å². The number of benzene rings is 1. The Labute approximate surface area is 128 Å². The van der Waals surface area contributed by atoms with Gasteiger partial charge in [-0.15, -0.1) is 0 Å². The fourth-order valence-corrected chi connectivity index (χ4v) is 2.94. The first-order valence-electron chi connectivity index (χ1n) is 7.84. The number of hydrogen-bond acceptors (Lipinski definition) is 4. The zero-order chi connectivity index (χ0) is 15.2. The Morgan fingerprint density at radius 3 is 2.76 bits per heavy atom. The smallest absolute Gasteiger partial charge is 0.127 e. The van der Waals surface area contributed by atoms with Gasteiger partial charge in [0.15, 0.2) is 0 Å². The van der Waals surface area contributed by atoms with Gasteiger partial charge in [-0.2, -0.15) is 0 Å². The van der Waals surface area contributed by atoms with Crippen molar-refractivity contribution < 1.29 is 9.47 Å². The van der Waals surface area contributed by atoms with E-state index in [1.807, 2.05) is 25.2 Å². The van der Waals surface area contributed by atoms with Crippen molar-refractivity contribution >= 4 is 0 Å². The van der Waals surface area contributed by atoms with Gasteiger partial charge in [0.25, 0.3) is 0 Å². The molecular weight excluding hydrogens is 264 g/mol. The molecule has 1 saturated heterocycles. The normalized spacial score (nSPS) is 21.0. The van der Waals surface area contributed by atoms with Crippen LogP contribution in [-0.2, 0) is 0 Å². The third-order valence-electron chi connectivity index (χ3n) is 4.46. The van der Waals surface area contributed by atoms with Gasteiger partial charge in [-0.05, 0) is 52.5 Å². The Morgan fingerprint density at radius 1 is 1.33 bits per heavy atom. The number of nitrogens with zero attached hydrogens (tertiary/aromatic N) is 1. The van der Waals surface area contributed by atoms with Gasteiger partial charge in [0.1, 0.15) is 18.1 Å². The maximum absolute atomic E-state index is 6.15. The average molecular weight is 292 g/mol. The minimum atomic E-state index is 0.195. The molecule has 21 heavy (non-hydrogen) atoms. The van der Waals surface area contributed by atoms with E-state index in [-0.39, 0.29) is 6.04 Å². The largest absolute Gasteiger partial charge is 0.496 e. The van der Waals surface area contributed by atoms with Crippen LogP contribution in [0, 0.1) is 0 Å². The Balaban J connectivity index is 2.11. The first kappa shape index (κ1) is 16.1. The number of methoxy groups -OCH3 is 1. The highest BCUT2D eigenvalue weighted by atomic mass is 16.5. The lowest BCUT2D eigenvalue weighted by atomic mass is 10.0. The molecule has 1 aromatic rings. The van der Waals surface area contributed by atoms with E-state index < -0.39 is 0 Å². The summed E-state index contributed by atoms with van der Waals surface area (Å²) < 4.78 is 11.6. The molecule has 0 aromatic heterocycles. The van der Waals surface area contributed by atoms with Gasteiger partial charge in [-0.1, -0.05) is 12.5 Å². The van der Waals surface area contributed by atoms with Gasteiger partial charge in [-0.3, -0.25) is 0 Å². The molecule has 118 valence electrons. The zero-order valence-corrected chi connectivity index (χ0v) is 13.7. The average Bonchev–Trinajstić information content (AvgIpc) is 2.53. The predicted octanol–water partition coefficient (Wildman–Crippen LogP) is 2.84. The van der Waals surface area contributed by atoms with Crippen LogP contribution in [0.3, 0.4) is 0 Å². The fourth-order valence-electron chi connectivity index (χ4n) is 2.94. The quantitative estimate of drug-likeness (QED) is 0.874. The SMILES string of the molecule is CNC(C)c1c(OC)cccc1OCC1CCCCN1C. The van der Waals surface area contributed by atoms with Gasteiger partial charge in [0.05, 0.1) is 12.7 Å². The molecule has 4 nitrogen and oxygen atoms in total. The monoisotopic (exact) mass is 292 g/mol. The van der Waals surface area contributed by atoms with Gasteiger partial charge < -0.3 is 19.7 Å². The number of likely N-dealkylation sites (tertiary alicyclic amines) is 1. The van der Waals surface area contributed by atoms with Crippen LogP contribution in [0.5, 0.6) is 11.5 Å². The lowest BCUT2D eigenvalue weighted by Gasteiger charge is -2.32.